The van der Waals surface area contributed by atoms with Gasteiger partial charge in [0.1, 0.15) is 0 Å². The molecule has 0 aromatic heterocycles. The Hall–Kier alpha value is -1.71. The third-order valence-corrected chi connectivity index (χ3v) is 3.25. The summed E-state index contributed by atoms with van der Waals surface area (Å²) in [5.41, 5.74) is 0. The molecule has 1 unspecified atom stereocenters. The number of hydrogen-bond donors (Lipinski definition) is 1. The molecule has 4 nitrogen and oxygen atoms in total. The maximum Gasteiger partial charge on any atom is 0.303 e. The van der Waals surface area contributed by atoms with Crippen molar-refractivity contribution in [1.29, 1.82) is 0 Å². The lowest BCUT2D eigenvalue weighted by Crippen LogP contribution is -2.15. The summed E-state index contributed by atoms with van der Waals surface area (Å²) in [6, 6.07) is 7.67. The van der Waals surface area contributed by atoms with Crippen LogP contribution in [0.15, 0.2) is 24.3 Å². The minimum atomic E-state index is -0.760. The Morgan fingerprint density at radius 1 is 1.19 bits per heavy atom. The Bertz CT molecular complexity index is 417. The van der Waals surface area contributed by atoms with Gasteiger partial charge in [0, 0.05) is 6.42 Å². The van der Waals surface area contributed by atoms with Crippen LogP contribution in [-0.2, 0) is 4.79 Å². The van der Waals surface area contributed by atoms with Crippen LogP contribution in [0.4, 0.5) is 0 Å². The molecule has 1 atom stereocenters. The van der Waals surface area contributed by atoms with E-state index in [2.05, 4.69) is 13.8 Å². The van der Waals surface area contributed by atoms with Crippen LogP contribution in [0.2, 0.25) is 0 Å². The zero-order chi connectivity index (χ0) is 15.5. The maximum atomic E-state index is 10.4. The van der Waals surface area contributed by atoms with Crippen LogP contribution >= 0.6 is 0 Å². The van der Waals surface area contributed by atoms with Gasteiger partial charge in [-0.2, -0.15) is 0 Å². The van der Waals surface area contributed by atoms with Crippen molar-refractivity contribution in [2.24, 2.45) is 0 Å². The summed E-state index contributed by atoms with van der Waals surface area (Å²) in [6.07, 6.45) is 4.86. The standard InChI is InChI=1S/C17H26O4/c1-3-9-14(4-2)21-16-11-6-5-10-15(16)20-13-8-7-12-17(18)19/h5-6,10-11,14H,3-4,7-9,12-13H2,1-2H3,(H,18,19). The van der Waals surface area contributed by atoms with Gasteiger partial charge >= 0.3 is 5.97 Å². The summed E-state index contributed by atoms with van der Waals surface area (Å²) < 4.78 is 11.7. The predicted molar refractivity (Wildman–Crippen MR) is 83.0 cm³/mol. The van der Waals surface area contributed by atoms with Crippen molar-refractivity contribution < 1.29 is 19.4 Å². The van der Waals surface area contributed by atoms with Gasteiger partial charge in [-0.05, 0) is 37.8 Å². The summed E-state index contributed by atoms with van der Waals surface area (Å²) in [5.74, 6) is 0.752. The van der Waals surface area contributed by atoms with Gasteiger partial charge in [-0.3, -0.25) is 4.79 Å². The Labute approximate surface area is 127 Å². The smallest absolute Gasteiger partial charge is 0.303 e. The molecular formula is C17H26O4. The summed E-state index contributed by atoms with van der Waals surface area (Å²) in [5, 5.41) is 8.59. The molecule has 4 heteroatoms. The average molecular weight is 294 g/mol. The van der Waals surface area contributed by atoms with Gasteiger partial charge in [0.2, 0.25) is 0 Å². The second-order valence-corrected chi connectivity index (χ2v) is 5.08. The number of carboxylic acid groups (broad SMARTS) is 1. The first kappa shape index (κ1) is 17.3. The van der Waals surface area contributed by atoms with E-state index in [1.165, 1.54) is 0 Å². The highest BCUT2D eigenvalue weighted by Crippen LogP contribution is 2.28. The molecule has 1 N–H and O–H groups in total. The summed E-state index contributed by atoms with van der Waals surface area (Å²) >= 11 is 0. The third-order valence-electron chi connectivity index (χ3n) is 3.25. The van der Waals surface area contributed by atoms with E-state index in [-0.39, 0.29) is 12.5 Å². The summed E-state index contributed by atoms with van der Waals surface area (Å²) in [4.78, 5) is 10.4. The Morgan fingerprint density at radius 3 is 2.52 bits per heavy atom. The van der Waals surface area contributed by atoms with E-state index in [9.17, 15) is 4.79 Å². The van der Waals surface area contributed by atoms with Crippen LogP contribution in [0, 0.1) is 0 Å². The zero-order valence-electron chi connectivity index (χ0n) is 13.0. The van der Waals surface area contributed by atoms with Crippen LogP contribution in [-0.4, -0.2) is 23.8 Å². The molecule has 1 rings (SSSR count). The van der Waals surface area contributed by atoms with Gasteiger partial charge in [-0.1, -0.05) is 32.4 Å². The molecule has 0 fully saturated rings. The van der Waals surface area contributed by atoms with Gasteiger partial charge in [-0.15, -0.1) is 0 Å². The minimum Gasteiger partial charge on any atom is -0.490 e. The molecule has 0 radical (unpaired) electrons. The number of benzene rings is 1. The number of carbonyl (C=O) groups is 1. The number of para-hydroxylation sites is 2. The van der Waals surface area contributed by atoms with Gasteiger partial charge in [0.25, 0.3) is 0 Å². The number of unbranched alkanes of at least 4 members (excludes halogenated alkanes) is 1. The van der Waals surface area contributed by atoms with Gasteiger partial charge in [0.05, 0.1) is 12.7 Å². The van der Waals surface area contributed by atoms with E-state index in [0.29, 0.717) is 13.0 Å². The fourth-order valence-electron chi connectivity index (χ4n) is 2.08. The normalized spacial score (nSPS) is 11.9. The van der Waals surface area contributed by atoms with Crippen molar-refractivity contribution in [1.82, 2.24) is 0 Å². The first-order valence-electron chi connectivity index (χ1n) is 7.77. The Balaban J connectivity index is 2.48. The van der Waals surface area contributed by atoms with Crippen molar-refractivity contribution in [2.75, 3.05) is 6.61 Å². The lowest BCUT2D eigenvalue weighted by atomic mass is 10.1. The monoisotopic (exact) mass is 294 g/mol. The molecule has 118 valence electrons. The maximum absolute atomic E-state index is 10.4. The number of hydrogen-bond acceptors (Lipinski definition) is 3. The number of carboxylic acids is 1. The second kappa shape index (κ2) is 10.1. The van der Waals surface area contributed by atoms with Crippen LogP contribution in [0.1, 0.15) is 52.4 Å². The lowest BCUT2D eigenvalue weighted by molar-refractivity contribution is -0.137. The fraction of sp³-hybridized carbons (Fsp3) is 0.588. The van der Waals surface area contributed by atoms with E-state index >= 15 is 0 Å². The highest BCUT2D eigenvalue weighted by molar-refractivity contribution is 5.66. The van der Waals surface area contributed by atoms with Crippen LogP contribution in [0.3, 0.4) is 0 Å². The minimum absolute atomic E-state index is 0.190. The Morgan fingerprint density at radius 2 is 1.90 bits per heavy atom. The van der Waals surface area contributed by atoms with Crippen molar-refractivity contribution in [2.45, 2.75) is 58.5 Å². The first-order valence-corrected chi connectivity index (χ1v) is 7.77. The van der Waals surface area contributed by atoms with E-state index in [0.717, 1.165) is 37.2 Å². The fourth-order valence-corrected chi connectivity index (χ4v) is 2.08. The number of aliphatic carboxylic acids is 1. The Kier molecular flexibility index (Phi) is 8.32. The molecule has 0 aliphatic heterocycles. The largest absolute Gasteiger partial charge is 0.490 e. The van der Waals surface area contributed by atoms with Crippen molar-refractivity contribution >= 4 is 5.97 Å². The molecule has 0 amide bonds. The first-order chi connectivity index (χ1) is 10.2. The van der Waals surface area contributed by atoms with Crippen LogP contribution < -0.4 is 9.47 Å². The number of rotatable bonds is 11. The summed E-state index contributed by atoms with van der Waals surface area (Å²) in [7, 11) is 0. The zero-order valence-corrected chi connectivity index (χ0v) is 13.0. The van der Waals surface area contributed by atoms with Crippen molar-refractivity contribution in [3.05, 3.63) is 24.3 Å². The van der Waals surface area contributed by atoms with Crippen molar-refractivity contribution in [3.8, 4) is 11.5 Å². The molecular weight excluding hydrogens is 268 g/mol. The third kappa shape index (κ3) is 7.02. The summed E-state index contributed by atoms with van der Waals surface area (Å²) in [6.45, 7) is 4.78. The van der Waals surface area contributed by atoms with Gasteiger partial charge in [-0.25, -0.2) is 0 Å². The topological polar surface area (TPSA) is 55.8 Å². The molecule has 0 aliphatic rings. The molecule has 0 bridgehead atoms. The predicted octanol–water partition coefficient (Wildman–Crippen LogP) is 4.28. The van der Waals surface area contributed by atoms with Crippen LogP contribution in [0.5, 0.6) is 11.5 Å². The molecule has 0 spiro atoms. The van der Waals surface area contributed by atoms with Crippen LogP contribution in [0.25, 0.3) is 0 Å². The number of ether oxygens (including phenoxy) is 2. The molecule has 21 heavy (non-hydrogen) atoms. The molecule has 1 aromatic carbocycles. The van der Waals surface area contributed by atoms with Crippen molar-refractivity contribution in [3.63, 3.8) is 0 Å². The quantitative estimate of drug-likeness (QED) is 0.619. The van der Waals surface area contributed by atoms with E-state index < -0.39 is 5.97 Å². The molecule has 0 saturated heterocycles. The second-order valence-electron chi connectivity index (χ2n) is 5.08. The molecule has 0 aliphatic carbocycles. The molecule has 0 saturated carbocycles. The highest BCUT2D eigenvalue weighted by atomic mass is 16.5. The molecule has 1 aromatic rings. The van der Waals surface area contributed by atoms with Gasteiger partial charge < -0.3 is 14.6 Å². The van der Waals surface area contributed by atoms with E-state index in [4.69, 9.17) is 14.6 Å². The highest BCUT2D eigenvalue weighted by Gasteiger charge is 2.11. The molecule has 0 heterocycles. The van der Waals surface area contributed by atoms with E-state index in [1.807, 2.05) is 24.3 Å². The SMILES string of the molecule is CCCC(CC)Oc1ccccc1OCCCCC(=O)O. The van der Waals surface area contributed by atoms with E-state index in [1.54, 1.807) is 0 Å². The lowest BCUT2D eigenvalue weighted by Gasteiger charge is -2.19. The van der Waals surface area contributed by atoms with Gasteiger partial charge in [0.15, 0.2) is 11.5 Å². The average Bonchev–Trinajstić information content (AvgIpc) is 2.47.